The van der Waals surface area contributed by atoms with E-state index in [4.69, 9.17) is 0 Å². The van der Waals surface area contributed by atoms with E-state index >= 15 is 0 Å². The molecule has 1 heterocycles. The number of ether oxygens (including phenoxy) is 1. The second-order valence-corrected chi connectivity index (χ2v) is 7.52. The number of aryl methyl sites for hydroxylation is 1. The van der Waals surface area contributed by atoms with Gasteiger partial charge >= 0.3 is 6.36 Å². The van der Waals surface area contributed by atoms with Crippen molar-refractivity contribution in [3.8, 4) is 11.8 Å². The van der Waals surface area contributed by atoms with Gasteiger partial charge in [-0.15, -0.1) is 13.2 Å². The van der Waals surface area contributed by atoms with Gasteiger partial charge < -0.3 is 15.4 Å². The monoisotopic (exact) mass is 395 g/mol. The Hall–Kier alpha value is -3.19. The Morgan fingerprint density at radius 2 is 1.70 bits per heavy atom. The molecule has 2 aromatic rings. The summed E-state index contributed by atoms with van der Waals surface area (Å²) in [7, 11) is -4.27. The van der Waals surface area contributed by atoms with Gasteiger partial charge in [-0.25, -0.2) is 8.42 Å². The first-order valence-corrected chi connectivity index (χ1v) is 8.98. The summed E-state index contributed by atoms with van der Waals surface area (Å²) in [4.78, 5) is -0.919. The molecule has 0 saturated heterocycles. The van der Waals surface area contributed by atoms with Crippen molar-refractivity contribution in [2.24, 2.45) is 0 Å². The van der Waals surface area contributed by atoms with Crippen LogP contribution in [0, 0.1) is 18.3 Å². The second kappa shape index (κ2) is 6.51. The number of allylic oxidation sites excluding steroid dienone is 1. The molecule has 10 heteroatoms. The maximum atomic E-state index is 12.7. The van der Waals surface area contributed by atoms with E-state index in [1.54, 1.807) is 18.2 Å². The number of benzene rings is 2. The summed E-state index contributed by atoms with van der Waals surface area (Å²) >= 11 is 0. The maximum absolute atomic E-state index is 12.7. The van der Waals surface area contributed by atoms with Crippen LogP contribution >= 0.6 is 0 Å². The lowest BCUT2D eigenvalue weighted by atomic mass is 10.2. The van der Waals surface area contributed by atoms with Crippen LogP contribution in [0.25, 0.3) is 0 Å². The number of nitrogens with one attached hydrogen (secondary N) is 2. The Morgan fingerprint density at radius 3 is 2.30 bits per heavy atom. The molecule has 0 fully saturated rings. The number of alkyl halides is 3. The Morgan fingerprint density at radius 1 is 1.07 bits per heavy atom. The van der Waals surface area contributed by atoms with Gasteiger partial charge in [-0.05, 0) is 48.9 Å². The predicted octanol–water partition coefficient (Wildman–Crippen LogP) is 3.90. The Balaban J connectivity index is 1.95. The zero-order chi connectivity index (χ0) is 19.8. The summed E-state index contributed by atoms with van der Waals surface area (Å²) < 4.78 is 65.8. The number of hydrogen-bond acceptors (Lipinski definition) is 6. The predicted molar refractivity (Wildman–Crippen MR) is 91.4 cm³/mol. The van der Waals surface area contributed by atoms with Crippen molar-refractivity contribution in [3.63, 3.8) is 0 Å². The topological polar surface area (TPSA) is 91.2 Å². The standard InChI is InChI=1S/C17H12F3N3O3S/c1-10-2-7-13-14(8-10)23-16(22-13)15(9-21)27(24,25)12-5-3-11(4-6-12)26-17(18,19)20/h2-8,22-23H,1H3. The van der Waals surface area contributed by atoms with E-state index in [0.29, 0.717) is 11.4 Å². The fourth-order valence-corrected chi connectivity index (χ4v) is 3.69. The summed E-state index contributed by atoms with van der Waals surface area (Å²) in [5.74, 6) is -0.582. The van der Waals surface area contributed by atoms with Crippen molar-refractivity contribution in [3.05, 3.63) is 58.8 Å². The van der Waals surface area contributed by atoms with Gasteiger partial charge in [0, 0.05) is 0 Å². The highest BCUT2D eigenvalue weighted by molar-refractivity contribution is 7.95. The van der Waals surface area contributed by atoms with Crippen molar-refractivity contribution >= 4 is 21.2 Å². The van der Waals surface area contributed by atoms with Gasteiger partial charge in [-0.3, -0.25) is 0 Å². The highest BCUT2D eigenvalue weighted by atomic mass is 32.2. The number of sulfone groups is 1. The zero-order valence-corrected chi connectivity index (χ0v) is 14.6. The highest BCUT2D eigenvalue weighted by Gasteiger charge is 2.32. The molecular formula is C17H12F3N3O3S. The first-order chi connectivity index (χ1) is 12.6. The van der Waals surface area contributed by atoms with Gasteiger partial charge in [0.25, 0.3) is 0 Å². The number of hydrogen-bond donors (Lipinski definition) is 2. The molecule has 0 saturated carbocycles. The molecule has 0 atom stereocenters. The van der Waals surface area contributed by atoms with Gasteiger partial charge in [0.2, 0.25) is 9.84 Å². The minimum absolute atomic E-state index is 0.0197. The highest BCUT2D eigenvalue weighted by Crippen LogP contribution is 2.34. The third kappa shape index (κ3) is 3.83. The van der Waals surface area contributed by atoms with Crippen LogP contribution in [0.4, 0.5) is 24.5 Å². The van der Waals surface area contributed by atoms with E-state index in [2.05, 4.69) is 15.4 Å². The van der Waals surface area contributed by atoms with Crippen LogP contribution in [-0.2, 0) is 9.84 Å². The van der Waals surface area contributed by atoms with Crippen LogP contribution in [0.5, 0.6) is 5.75 Å². The van der Waals surface area contributed by atoms with Gasteiger partial charge in [0.1, 0.15) is 17.6 Å². The van der Waals surface area contributed by atoms with Crippen molar-refractivity contribution in [1.82, 2.24) is 0 Å². The average molecular weight is 395 g/mol. The summed E-state index contributed by atoms with van der Waals surface area (Å²) in [6, 6.07) is 10.6. The average Bonchev–Trinajstić information content (AvgIpc) is 2.96. The zero-order valence-electron chi connectivity index (χ0n) is 13.8. The molecule has 2 aromatic carbocycles. The van der Waals surface area contributed by atoms with Crippen molar-refractivity contribution in [1.29, 1.82) is 5.26 Å². The molecule has 0 bridgehead atoms. The van der Waals surface area contributed by atoms with E-state index < -0.39 is 26.9 Å². The van der Waals surface area contributed by atoms with E-state index in [1.807, 2.05) is 13.0 Å². The molecule has 0 radical (unpaired) electrons. The molecule has 27 heavy (non-hydrogen) atoms. The lowest BCUT2D eigenvalue weighted by Gasteiger charge is -2.10. The maximum Gasteiger partial charge on any atom is 0.573 e. The quantitative estimate of drug-likeness (QED) is 0.766. The van der Waals surface area contributed by atoms with Crippen LogP contribution in [0.2, 0.25) is 0 Å². The molecule has 0 aromatic heterocycles. The molecule has 1 aliphatic rings. The Labute approximate surface area is 152 Å². The number of rotatable bonds is 3. The molecule has 0 unspecified atom stereocenters. The number of nitrogens with zero attached hydrogens (tertiary/aromatic N) is 1. The van der Waals surface area contributed by atoms with Crippen LogP contribution in [0.1, 0.15) is 5.56 Å². The first-order valence-electron chi connectivity index (χ1n) is 7.50. The van der Waals surface area contributed by atoms with Gasteiger partial charge in [-0.1, -0.05) is 6.07 Å². The number of nitriles is 1. The summed E-state index contributed by atoms with van der Waals surface area (Å²) in [5.41, 5.74) is 2.15. The Bertz CT molecular complexity index is 1070. The van der Waals surface area contributed by atoms with Crippen LogP contribution < -0.4 is 15.4 Å². The van der Waals surface area contributed by atoms with Gasteiger partial charge in [-0.2, -0.15) is 5.26 Å². The van der Waals surface area contributed by atoms with E-state index in [1.165, 1.54) is 0 Å². The smallest absolute Gasteiger partial charge is 0.406 e. The van der Waals surface area contributed by atoms with Crippen molar-refractivity contribution in [2.45, 2.75) is 18.2 Å². The fourth-order valence-electron chi connectivity index (χ4n) is 2.47. The van der Waals surface area contributed by atoms with Gasteiger partial charge in [0.05, 0.1) is 16.3 Å². The molecule has 140 valence electrons. The minimum Gasteiger partial charge on any atom is -0.406 e. The fraction of sp³-hybridized carbons (Fsp3) is 0.118. The number of fused-ring (bicyclic) bond motifs is 1. The van der Waals surface area contributed by atoms with E-state index in [-0.39, 0.29) is 10.7 Å². The van der Waals surface area contributed by atoms with E-state index in [0.717, 1.165) is 29.8 Å². The summed E-state index contributed by atoms with van der Waals surface area (Å²) in [6.07, 6.45) is -4.89. The second-order valence-electron chi connectivity index (χ2n) is 5.64. The largest absolute Gasteiger partial charge is 0.573 e. The van der Waals surface area contributed by atoms with Crippen molar-refractivity contribution in [2.75, 3.05) is 10.6 Å². The minimum atomic E-state index is -4.89. The molecule has 0 spiro atoms. The Kier molecular flexibility index (Phi) is 4.49. The third-order valence-electron chi connectivity index (χ3n) is 3.66. The van der Waals surface area contributed by atoms with Gasteiger partial charge in [0.15, 0.2) is 4.91 Å². The lowest BCUT2D eigenvalue weighted by Crippen LogP contribution is -2.17. The molecule has 0 aliphatic carbocycles. The summed E-state index contributed by atoms with van der Waals surface area (Å²) in [6.45, 7) is 1.86. The molecule has 1 aliphatic heterocycles. The van der Waals surface area contributed by atoms with Crippen molar-refractivity contribution < 1.29 is 26.3 Å². The summed E-state index contributed by atoms with van der Waals surface area (Å²) in [5, 5.41) is 15.0. The van der Waals surface area contributed by atoms with E-state index in [9.17, 15) is 26.9 Å². The molecule has 3 rings (SSSR count). The van der Waals surface area contributed by atoms with Crippen LogP contribution in [0.3, 0.4) is 0 Å². The van der Waals surface area contributed by atoms with Crippen LogP contribution in [0.15, 0.2) is 58.1 Å². The third-order valence-corrected chi connectivity index (χ3v) is 5.38. The number of halogens is 3. The molecule has 0 amide bonds. The normalized spacial score (nSPS) is 15.2. The first kappa shape index (κ1) is 18.6. The lowest BCUT2D eigenvalue weighted by molar-refractivity contribution is -0.274. The molecule has 6 nitrogen and oxygen atoms in total. The van der Waals surface area contributed by atoms with Crippen LogP contribution in [-0.4, -0.2) is 14.8 Å². The molecular weight excluding hydrogens is 383 g/mol. The molecule has 2 N–H and O–H groups in total. The number of anilines is 2. The SMILES string of the molecule is Cc1ccc2c(c1)NC(=C(C#N)S(=O)(=O)c1ccc(OC(F)(F)F)cc1)N2.